The largest absolute Gasteiger partial charge is 0.393 e. The van der Waals surface area contributed by atoms with Crippen molar-refractivity contribution < 1.29 is 0 Å². The predicted molar refractivity (Wildman–Crippen MR) is 54.7 cm³/mol. The Morgan fingerprint density at radius 1 is 1.69 bits per heavy atom. The number of hydrogen-bond donors (Lipinski definition) is 2. The lowest BCUT2D eigenvalue weighted by Crippen LogP contribution is -2.14. The molecule has 0 fully saturated rings. The minimum absolute atomic E-state index is 0.0910. The minimum Gasteiger partial charge on any atom is -0.393 e. The Bertz CT molecular complexity index is 313. The maximum atomic E-state index is 5.70. The Labute approximate surface area is 81.8 Å². The van der Waals surface area contributed by atoms with Crippen molar-refractivity contribution in [1.29, 1.82) is 0 Å². The Morgan fingerprint density at radius 2 is 2.38 bits per heavy atom. The standard InChI is InChI=1S/C8H11ClN4/c1-3-5(2)13-8-6(10)7(9)11-4-12-8/h3-5H,1,10H2,2H3,(H,11,12,13). The molecule has 5 heteroatoms. The normalized spacial score (nSPS) is 12.2. The monoisotopic (exact) mass is 198 g/mol. The molecule has 0 saturated heterocycles. The molecule has 0 amide bonds. The van der Waals surface area contributed by atoms with Gasteiger partial charge in [-0.25, -0.2) is 9.97 Å². The fourth-order valence-corrected chi connectivity index (χ4v) is 0.897. The van der Waals surface area contributed by atoms with Gasteiger partial charge in [-0.3, -0.25) is 0 Å². The molecule has 0 aliphatic carbocycles. The molecule has 1 atom stereocenters. The van der Waals surface area contributed by atoms with Crippen LogP contribution in [-0.4, -0.2) is 16.0 Å². The summed E-state index contributed by atoms with van der Waals surface area (Å²) in [5.74, 6) is 0.535. The van der Waals surface area contributed by atoms with Crippen LogP contribution in [0.1, 0.15) is 6.92 Å². The van der Waals surface area contributed by atoms with Gasteiger partial charge in [0.25, 0.3) is 0 Å². The maximum absolute atomic E-state index is 5.70. The van der Waals surface area contributed by atoms with E-state index in [9.17, 15) is 0 Å². The molecule has 70 valence electrons. The van der Waals surface area contributed by atoms with Crippen LogP contribution >= 0.6 is 11.6 Å². The molecule has 0 spiro atoms. The number of nitrogens with two attached hydrogens (primary N) is 1. The third-order valence-corrected chi connectivity index (χ3v) is 1.85. The van der Waals surface area contributed by atoms with E-state index < -0.39 is 0 Å². The summed E-state index contributed by atoms with van der Waals surface area (Å²) in [7, 11) is 0. The minimum atomic E-state index is 0.0910. The van der Waals surface area contributed by atoms with E-state index in [1.807, 2.05) is 6.92 Å². The number of aromatic nitrogens is 2. The first-order valence-electron chi connectivity index (χ1n) is 3.80. The van der Waals surface area contributed by atoms with Crippen LogP contribution in [-0.2, 0) is 0 Å². The van der Waals surface area contributed by atoms with Crippen LogP contribution in [0.15, 0.2) is 19.0 Å². The van der Waals surface area contributed by atoms with Gasteiger partial charge in [0.1, 0.15) is 12.0 Å². The highest BCUT2D eigenvalue weighted by Crippen LogP contribution is 2.22. The van der Waals surface area contributed by atoms with Crippen LogP contribution in [0, 0.1) is 0 Å². The highest BCUT2D eigenvalue weighted by atomic mass is 35.5. The Balaban J connectivity index is 2.88. The van der Waals surface area contributed by atoms with Crippen molar-refractivity contribution in [3.63, 3.8) is 0 Å². The summed E-state index contributed by atoms with van der Waals surface area (Å²) in [6, 6.07) is 0.0910. The molecule has 1 rings (SSSR count). The summed E-state index contributed by atoms with van der Waals surface area (Å²) >= 11 is 5.70. The summed E-state index contributed by atoms with van der Waals surface area (Å²) < 4.78 is 0. The maximum Gasteiger partial charge on any atom is 0.157 e. The van der Waals surface area contributed by atoms with Gasteiger partial charge in [0.2, 0.25) is 0 Å². The summed E-state index contributed by atoms with van der Waals surface area (Å²) in [5.41, 5.74) is 5.99. The van der Waals surface area contributed by atoms with Crippen molar-refractivity contribution in [3.05, 3.63) is 24.1 Å². The zero-order valence-electron chi connectivity index (χ0n) is 7.29. The molecule has 1 aromatic heterocycles. The SMILES string of the molecule is C=CC(C)Nc1ncnc(Cl)c1N. The van der Waals surface area contributed by atoms with E-state index in [0.717, 1.165) is 0 Å². The van der Waals surface area contributed by atoms with Gasteiger partial charge in [0, 0.05) is 6.04 Å². The molecular formula is C8H11ClN4. The molecule has 0 saturated carbocycles. The first-order valence-corrected chi connectivity index (χ1v) is 4.18. The molecule has 1 aromatic rings. The Kier molecular flexibility index (Phi) is 3.08. The fraction of sp³-hybridized carbons (Fsp3) is 0.250. The number of nitrogens with zero attached hydrogens (tertiary/aromatic N) is 2. The van der Waals surface area contributed by atoms with Crippen molar-refractivity contribution >= 4 is 23.1 Å². The second kappa shape index (κ2) is 4.09. The zero-order valence-corrected chi connectivity index (χ0v) is 8.04. The molecule has 0 aromatic carbocycles. The van der Waals surface area contributed by atoms with Crippen molar-refractivity contribution in [2.75, 3.05) is 11.1 Å². The molecule has 0 radical (unpaired) electrons. The lowest BCUT2D eigenvalue weighted by atomic mass is 10.3. The number of anilines is 2. The van der Waals surface area contributed by atoms with Gasteiger partial charge in [-0.2, -0.15) is 0 Å². The van der Waals surface area contributed by atoms with Crippen molar-refractivity contribution in [3.8, 4) is 0 Å². The van der Waals surface area contributed by atoms with Crippen LogP contribution < -0.4 is 11.1 Å². The van der Waals surface area contributed by atoms with Crippen molar-refractivity contribution in [2.24, 2.45) is 0 Å². The summed E-state index contributed by atoms with van der Waals surface area (Å²) in [6.07, 6.45) is 3.10. The number of nitrogen functional groups attached to an aromatic ring is 1. The second-order valence-electron chi connectivity index (χ2n) is 2.60. The van der Waals surface area contributed by atoms with Crippen LogP contribution in [0.4, 0.5) is 11.5 Å². The van der Waals surface area contributed by atoms with Gasteiger partial charge in [0.15, 0.2) is 11.0 Å². The summed E-state index contributed by atoms with van der Waals surface area (Å²) in [5, 5.41) is 3.28. The van der Waals surface area contributed by atoms with E-state index in [1.165, 1.54) is 6.33 Å². The van der Waals surface area contributed by atoms with Gasteiger partial charge >= 0.3 is 0 Å². The Hall–Kier alpha value is -1.29. The lowest BCUT2D eigenvalue weighted by Gasteiger charge is -2.11. The predicted octanol–water partition coefficient (Wildman–Crippen LogP) is 1.70. The molecule has 4 nitrogen and oxygen atoms in total. The highest BCUT2D eigenvalue weighted by molar-refractivity contribution is 6.32. The van der Waals surface area contributed by atoms with Gasteiger partial charge < -0.3 is 11.1 Å². The molecule has 0 aliphatic rings. The average molecular weight is 199 g/mol. The number of halogens is 1. The molecular weight excluding hydrogens is 188 g/mol. The molecule has 3 N–H and O–H groups in total. The summed E-state index contributed by atoms with van der Waals surface area (Å²) in [6.45, 7) is 5.56. The highest BCUT2D eigenvalue weighted by Gasteiger charge is 2.06. The second-order valence-corrected chi connectivity index (χ2v) is 2.95. The fourth-order valence-electron chi connectivity index (χ4n) is 0.764. The smallest absolute Gasteiger partial charge is 0.157 e. The topological polar surface area (TPSA) is 63.8 Å². The number of rotatable bonds is 3. The van der Waals surface area contributed by atoms with Gasteiger partial charge in [0.05, 0.1) is 0 Å². The van der Waals surface area contributed by atoms with Crippen LogP contribution in [0.25, 0.3) is 0 Å². The van der Waals surface area contributed by atoms with Gasteiger partial charge in [-0.05, 0) is 6.92 Å². The molecule has 0 aliphatic heterocycles. The van der Waals surface area contributed by atoms with E-state index in [1.54, 1.807) is 6.08 Å². The first kappa shape index (κ1) is 9.80. The van der Waals surface area contributed by atoms with E-state index in [4.69, 9.17) is 17.3 Å². The van der Waals surface area contributed by atoms with E-state index in [0.29, 0.717) is 11.5 Å². The zero-order chi connectivity index (χ0) is 9.84. The first-order chi connectivity index (χ1) is 6.15. The van der Waals surface area contributed by atoms with Gasteiger partial charge in [-0.1, -0.05) is 17.7 Å². The number of hydrogen-bond acceptors (Lipinski definition) is 4. The third-order valence-electron chi connectivity index (χ3n) is 1.55. The van der Waals surface area contributed by atoms with Gasteiger partial charge in [-0.15, -0.1) is 6.58 Å². The quantitative estimate of drug-likeness (QED) is 0.573. The van der Waals surface area contributed by atoms with Crippen molar-refractivity contribution in [1.82, 2.24) is 9.97 Å². The van der Waals surface area contributed by atoms with E-state index in [-0.39, 0.29) is 11.2 Å². The van der Waals surface area contributed by atoms with Crippen LogP contribution in [0.5, 0.6) is 0 Å². The Morgan fingerprint density at radius 3 is 3.00 bits per heavy atom. The molecule has 0 bridgehead atoms. The summed E-state index contributed by atoms with van der Waals surface area (Å²) in [4.78, 5) is 7.68. The van der Waals surface area contributed by atoms with Crippen molar-refractivity contribution in [2.45, 2.75) is 13.0 Å². The van der Waals surface area contributed by atoms with E-state index in [2.05, 4.69) is 21.9 Å². The van der Waals surface area contributed by atoms with Crippen LogP contribution in [0.3, 0.4) is 0 Å². The average Bonchev–Trinajstić information content (AvgIpc) is 2.13. The molecule has 13 heavy (non-hydrogen) atoms. The van der Waals surface area contributed by atoms with Crippen LogP contribution in [0.2, 0.25) is 5.15 Å². The molecule has 1 unspecified atom stereocenters. The third kappa shape index (κ3) is 2.32. The number of nitrogens with one attached hydrogen (secondary N) is 1. The molecule has 1 heterocycles. The van der Waals surface area contributed by atoms with E-state index >= 15 is 0 Å². The lowest BCUT2D eigenvalue weighted by molar-refractivity contribution is 0.978.